The molecule has 1 aromatic rings. The van der Waals surface area contributed by atoms with E-state index in [0.717, 1.165) is 31.5 Å². The van der Waals surface area contributed by atoms with Crippen LogP contribution in [0.2, 0.25) is 0 Å². The van der Waals surface area contributed by atoms with E-state index in [0.29, 0.717) is 19.7 Å². The highest BCUT2D eigenvalue weighted by Gasteiger charge is 2.23. The summed E-state index contributed by atoms with van der Waals surface area (Å²) in [6, 6.07) is 1.61. The molecule has 2 fully saturated rings. The van der Waals surface area contributed by atoms with Crippen molar-refractivity contribution in [2.24, 2.45) is 13.0 Å². The van der Waals surface area contributed by atoms with E-state index >= 15 is 0 Å². The number of ether oxygens (including phenoxy) is 1. The number of nitrogens with zero attached hydrogens (tertiary/aromatic N) is 3. The lowest BCUT2D eigenvalue weighted by molar-refractivity contribution is -0.126. The van der Waals surface area contributed by atoms with Gasteiger partial charge in [0.1, 0.15) is 0 Å². The lowest BCUT2D eigenvalue weighted by atomic mass is 9.88. The second kappa shape index (κ2) is 8.47. The summed E-state index contributed by atoms with van der Waals surface area (Å²) in [4.78, 5) is 26.1. The van der Waals surface area contributed by atoms with E-state index in [2.05, 4.69) is 15.3 Å². The van der Waals surface area contributed by atoms with Crippen molar-refractivity contribution in [3.8, 4) is 0 Å². The summed E-state index contributed by atoms with van der Waals surface area (Å²) in [5, 5.41) is 7.15. The van der Waals surface area contributed by atoms with Gasteiger partial charge in [0.2, 0.25) is 5.91 Å². The van der Waals surface area contributed by atoms with Crippen LogP contribution in [0.5, 0.6) is 0 Å². The molecule has 0 bridgehead atoms. The highest BCUT2D eigenvalue weighted by Crippen LogP contribution is 2.23. The summed E-state index contributed by atoms with van der Waals surface area (Å²) in [7, 11) is 1.64. The third kappa shape index (κ3) is 4.81. The summed E-state index contributed by atoms with van der Waals surface area (Å²) in [6.45, 7) is 2.73. The van der Waals surface area contributed by atoms with Crippen LogP contribution in [0.3, 0.4) is 0 Å². The number of carbonyl (C=O) groups is 1. The number of hydrogen-bond acceptors (Lipinski definition) is 5. The van der Waals surface area contributed by atoms with Gasteiger partial charge in [0, 0.05) is 38.7 Å². The minimum absolute atomic E-state index is 0.0597. The molecule has 7 nitrogen and oxygen atoms in total. The van der Waals surface area contributed by atoms with Gasteiger partial charge in [-0.1, -0.05) is 19.3 Å². The molecule has 1 N–H and O–H groups in total. The SMILES string of the molecule is Cn1ncc(N2CCOC(CCNC(=O)C3CCCCC3)C2)cc1=O. The van der Waals surface area contributed by atoms with Gasteiger partial charge in [-0.05, 0) is 19.3 Å². The fourth-order valence-electron chi connectivity index (χ4n) is 3.63. The van der Waals surface area contributed by atoms with Crippen LogP contribution in [0, 0.1) is 5.92 Å². The number of aryl methyl sites for hydroxylation is 1. The maximum atomic E-state index is 12.2. The van der Waals surface area contributed by atoms with Gasteiger partial charge in [-0.3, -0.25) is 9.59 Å². The lowest BCUT2D eigenvalue weighted by Gasteiger charge is -2.34. The third-order valence-corrected chi connectivity index (χ3v) is 5.20. The predicted octanol–water partition coefficient (Wildman–Crippen LogP) is 1.07. The molecule has 0 spiro atoms. The van der Waals surface area contributed by atoms with Crippen molar-refractivity contribution in [2.45, 2.75) is 44.6 Å². The molecule has 25 heavy (non-hydrogen) atoms. The molecule has 0 radical (unpaired) electrons. The molecule has 0 aromatic carbocycles. The highest BCUT2D eigenvalue weighted by atomic mass is 16.5. The van der Waals surface area contributed by atoms with Crippen LogP contribution in [0.25, 0.3) is 0 Å². The van der Waals surface area contributed by atoms with Gasteiger partial charge >= 0.3 is 0 Å². The van der Waals surface area contributed by atoms with Gasteiger partial charge in [0.05, 0.1) is 24.6 Å². The molecule has 3 rings (SSSR count). The number of carbonyl (C=O) groups excluding carboxylic acids is 1. The molecule has 1 aliphatic heterocycles. The van der Waals surface area contributed by atoms with Crippen molar-refractivity contribution >= 4 is 11.6 Å². The summed E-state index contributed by atoms with van der Waals surface area (Å²) < 4.78 is 7.14. The minimum atomic E-state index is -0.111. The topological polar surface area (TPSA) is 76.5 Å². The number of morpholine rings is 1. The normalized spacial score (nSPS) is 22.0. The molecule has 7 heteroatoms. The van der Waals surface area contributed by atoms with Gasteiger partial charge in [-0.2, -0.15) is 5.10 Å². The Morgan fingerprint density at radius 2 is 2.16 bits per heavy atom. The molecule has 138 valence electrons. The molecule has 2 aliphatic rings. The van der Waals surface area contributed by atoms with Crippen LogP contribution in [-0.4, -0.2) is 48.0 Å². The standard InChI is InChI=1S/C18H28N4O3/c1-21-17(23)11-15(12-20-21)22-9-10-25-16(13-22)7-8-19-18(24)14-5-3-2-4-6-14/h11-12,14,16H,2-10,13H2,1H3,(H,19,24). The average Bonchev–Trinajstić information content (AvgIpc) is 2.65. The van der Waals surface area contributed by atoms with Gasteiger partial charge in [-0.15, -0.1) is 0 Å². The van der Waals surface area contributed by atoms with Crippen molar-refractivity contribution < 1.29 is 9.53 Å². The zero-order valence-corrected chi connectivity index (χ0v) is 14.9. The first-order valence-corrected chi connectivity index (χ1v) is 9.31. The maximum absolute atomic E-state index is 12.2. The van der Waals surface area contributed by atoms with E-state index in [1.165, 1.54) is 23.9 Å². The maximum Gasteiger partial charge on any atom is 0.268 e. The van der Waals surface area contributed by atoms with Crippen LogP contribution in [0.1, 0.15) is 38.5 Å². The molecule has 1 aliphatic carbocycles. The van der Waals surface area contributed by atoms with Crippen LogP contribution in [0.4, 0.5) is 5.69 Å². The minimum Gasteiger partial charge on any atom is -0.374 e. The number of rotatable bonds is 5. The number of aromatic nitrogens is 2. The second-order valence-electron chi connectivity index (χ2n) is 7.03. The van der Waals surface area contributed by atoms with Gasteiger partial charge < -0.3 is 15.0 Å². The first kappa shape index (κ1) is 17.9. The van der Waals surface area contributed by atoms with Gasteiger partial charge in [0.25, 0.3) is 5.56 Å². The van der Waals surface area contributed by atoms with Crippen molar-refractivity contribution in [2.75, 3.05) is 31.1 Å². The summed E-state index contributed by atoms with van der Waals surface area (Å²) in [5.41, 5.74) is 0.725. The fourth-order valence-corrected chi connectivity index (χ4v) is 3.63. The Kier molecular flexibility index (Phi) is 6.07. The predicted molar refractivity (Wildman–Crippen MR) is 95.6 cm³/mol. The Hall–Kier alpha value is -1.89. The Labute approximate surface area is 148 Å². The van der Waals surface area contributed by atoms with E-state index in [9.17, 15) is 9.59 Å². The van der Waals surface area contributed by atoms with E-state index in [4.69, 9.17) is 4.74 Å². The smallest absolute Gasteiger partial charge is 0.268 e. The van der Waals surface area contributed by atoms with Crippen LogP contribution < -0.4 is 15.8 Å². The molecule has 1 saturated carbocycles. The first-order valence-electron chi connectivity index (χ1n) is 9.31. The summed E-state index contributed by atoms with van der Waals surface area (Å²) >= 11 is 0. The highest BCUT2D eigenvalue weighted by molar-refractivity contribution is 5.78. The summed E-state index contributed by atoms with van der Waals surface area (Å²) in [5.74, 6) is 0.396. The number of amides is 1. The molecule has 1 unspecified atom stereocenters. The number of nitrogens with one attached hydrogen (secondary N) is 1. The molecular weight excluding hydrogens is 320 g/mol. The number of anilines is 1. The Bertz CT molecular complexity index is 639. The molecule has 1 saturated heterocycles. The molecule has 2 heterocycles. The quantitative estimate of drug-likeness (QED) is 0.861. The van der Waals surface area contributed by atoms with Gasteiger partial charge in [0.15, 0.2) is 0 Å². The van der Waals surface area contributed by atoms with E-state index in [-0.39, 0.29) is 23.5 Å². The molecule has 1 atom stereocenters. The molecule has 1 amide bonds. The van der Waals surface area contributed by atoms with E-state index in [1.807, 2.05) is 0 Å². The molecular formula is C18H28N4O3. The zero-order valence-electron chi connectivity index (χ0n) is 14.9. The lowest BCUT2D eigenvalue weighted by Crippen LogP contribution is -2.44. The van der Waals surface area contributed by atoms with E-state index < -0.39 is 0 Å². The average molecular weight is 348 g/mol. The summed E-state index contributed by atoms with van der Waals surface area (Å²) in [6.07, 6.45) is 8.21. The third-order valence-electron chi connectivity index (χ3n) is 5.20. The Morgan fingerprint density at radius 1 is 1.36 bits per heavy atom. The fraction of sp³-hybridized carbons (Fsp3) is 0.722. The second-order valence-corrected chi connectivity index (χ2v) is 7.03. The van der Waals surface area contributed by atoms with Crippen molar-refractivity contribution in [3.05, 3.63) is 22.6 Å². The monoisotopic (exact) mass is 348 g/mol. The largest absolute Gasteiger partial charge is 0.374 e. The van der Waals surface area contributed by atoms with Crippen LogP contribution in [0.15, 0.2) is 17.1 Å². The number of hydrogen-bond donors (Lipinski definition) is 1. The Morgan fingerprint density at radius 3 is 2.92 bits per heavy atom. The van der Waals surface area contributed by atoms with Crippen LogP contribution >= 0.6 is 0 Å². The van der Waals surface area contributed by atoms with E-state index in [1.54, 1.807) is 19.3 Å². The van der Waals surface area contributed by atoms with Crippen molar-refractivity contribution in [1.29, 1.82) is 0 Å². The first-order chi connectivity index (χ1) is 12.1. The Balaban J connectivity index is 1.46. The van der Waals surface area contributed by atoms with Crippen molar-refractivity contribution in [3.63, 3.8) is 0 Å². The zero-order chi connectivity index (χ0) is 17.6. The van der Waals surface area contributed by atoms with Gasteiger partial charge in [-0.25, -0.2) is 4.68 Å². The van der Waals surface area contributed by atoms with Crippen molar-refractivity contribution in [1.82, 2.24) is 15.1 Å². The molecule has 1 aromatic heterocycles. The van der Waals surface area contributed by atoms with Crippen LogP contribution in [-0.2, 0) is 16.6 Å².